The van der Waals surface area contributed by atoms with Gasteiger partial charge in [-0.05, 0) is 26.3 Å². The highest BCUT2D eigenvalue weighted by molar-refractivity contribution is 5.80. The molecule has 0 aromatic heterocycles. The molecule has 5 nitrogen and oxygen atoms in total. The molecule has 0 spiro atoms. The first-order valence-corrected chi connectivity index (χ1v) is 6.84. The van der Waals surface area contributed by atoms with Gasteiger partial charge in [-0.25, -0.2) is 0 Å². The number of hydrogen-bond donors (Lipinski definition) is 2. The van der Waals surface area contributed by atoms with Crippen molar-refractivity contribution in [1.29, 1.82) is 0 Å². The highest BCUT2D eigenvalue weighted by Crippen LogP contribution is 2.24. The lowest BCUT2D eigenvalue weighted by Gasteiger charge is -2.18. The van der Waals surface area contributed by atoms with Crippen LogP contribution in [-0.4, -0.2) is 32.3 Å². The lowest BCUT2D eigenvalue weighted by molar-refractivity contribution is -0.127. The molecule has 2 atom stereocenters. The molecule has 0 saturated heterocycles. The number of benzene rings is 1. The zero-order valence-electron chi connectivity index (χ0n) is 12.4. The molecule has 1 aromatic rings. The van der Waals surface area contributed by atoms with Crippen LogP contribution in [0.1, 0.15) is 31.9 Å². The van der Waals surface area contributed by atoms with Crippen molar-refractivity contribution in [1.82, 2.24) is 5.32 Å². The van der Waals surface area contributed by atoms with Crippen LogP contribution in [0.15, 0.2) is 24.3 Å². The fourth-order valence-electron chi connectivity index (χ4n) is 1.78. The monoisotopic (exact) mass is 280 g/mol. The Hall–Kier alpha value is -1.59. The summed E-state index contributed by atoms with van der Waals surface area (Å²) in [6, 6.07) is 7.37. The molecule has 112 valence electrons. The van der Waals surface area contributed by atoms with Crippen LogP contribution in [0.5, 0.6) is 5.75 Å². The molecule has 3 N–H and O–H groups in total. The van der Waals surface area contributed by atoms with Gasteiger partial charge in [0.15, 0.2) is 6.10 Å². The minimum absolute atomic E-state index is 0.136. The SMILES string of the molecule is COCCCNC(=O)C(C)Oc1ccccc1[C@H](C)N. The van der Waals surface area contributed by atoms with Crippen molar-refractivity contribution in [2.75, 3.05) is 20.3 Å². The molecule has 0 aliphatic rings. The van der Waals surface area contributed by atoms with Gasteiger partial charge < -0.3 is 20.5 Å². The quantitative estimate of drug-likeness (QED) is 0.710. The molecule has 0 aliphatic carbocycles. The van der Waals surface area contributed by atoms with E-state index in [1.54, 1.807) is 14.0 Å². The molecule has 0 aliphatic heterocycles. The van der Waals surface area contributed by atoms with Crippen LogP contribution in [0, 0.1) is 0 Å². The normalized spacial score (nSPS) is 13.6. The van der Waals surface area contributed by atoms with Crippen LogP contribution in [-0.2, 0) is 9.53 Å². The Morgan fingerprint density at radius 3 is 2.70 bits per heavy atom. The molecule has 1 rings (SSSR count). The predicted octanol–water partition coefficient (Wildman–Crippen LogP) is 1.63. The summed E-state index contributed by atoms with van der Waals surface area (Å²) in [5, 5.41) is 2.81. The van der Waals surface area contributed by atoms with Gasteiger partial charge in [0.05, 0.1) is 0 Å². The lowest BCUT2D eigenvalue weighted by Crippen LogP contribution is -2.37. The van der Waals surface area contributed by atoms with Gasteiger partial charge in [-0.1, -0.05) is 18.2 Å². The van der Waals surface area contributed by atoms with E-state index in [9.17, 15) is 4.79 Å². The third-order valence-corrected chi connectivity index (χ3v) is 2.91. The van der Waals surface area contributed by atoms with E-state index >= 15 is 0 Å². The third-order valence-electron chi connectivity index (χ3n) is 2.91. The number of rotatable bonds is 8. The van der Waals surface area contributed by atoms with Crippen molar-refractivity contribution in [3.63, 3.8) is 0 Å². The maximum Gasteiger partial charge on any atom is 0.260 e. The minimum atomic E-state index is -0.558. The molecular weight excluding hydrogens is 256 g/mol. The third kappa shape index (κ3) is 5.19. The number of ether oxygens (including phenoxy) is 2. The second kappa shape index (κ2) is 8.55. The average Bonchev–Trinajstić information content (AvgIpc) is 2.43. The molecule has 20 heavy (non-hydrogen) atoms. The maximum atomic E-state index is 11.9. The summed E-state index contributed by atoms with van der Waals surface area (Å²) in [4.78, 5) is 11.9. The molecule has 1 unspecified atom stereocenters. The van der Waals surface area contributed by atoms with E-state index < -0.39 is 6.10 Å². The van der Waals surface area contributed by atoms with Crippen molar-refractivity contribution in [2.45, 2.75) is 32.4 Å². The molecule has 5 heteroatoms. The molecule has 1 amide bonds. The maximum absolute atomic E-state index is 11.9. The first kappa shape index (κ1) is 16.5. The average molecular weight is 280 g/mol. The Labute approximate surface area is 120 Å². The smallest absolute Gasteiger partial charge is 0.260 e. The molecular formula is C15H24N2O3. The number of carbonyl (C=O) groups excluding carboxylic acids is 1. The van der Waals surface area contributed by atoms with Gasteiger partial charge in [0, 0.05) is 31.9 Å². The molecule has 0 fully saturated rings. The number of amides is 1. The topological polar surface area (TPSA) is 73.6 Å². The zero-order valence-corrected chi connectivity index (χ0v) is 12.4. The number of carbonyl (C=O) groups is 1. The molecule has 0 radical (unpaired) electrons. The Balaban J connectivity index is 2.53. The summed E-state index contributed by atoms with van der Waals surface area (Å²) >= 11 is 0. The number of hydrogen-bond acceptors (Lipinski definition) is 4. The molecule has 0 heterocycles. The summed E-state index contributed by atoms with van der Waals surface area (Å²) < 4.78 is 10.6. The van der Waals surface area contributed by atoms with Crippen LogP contribution < -0.4 is 15.8 Å². The summed E-state index contributed by atoms with van der Waals surface area (Å²) in [5.74, 6) is 0.516. The Morgan fingerprint density at radius 1 is 1.35 bits per heavy atom. The predicted molar refractivity (Wildman–Crippen MR) is 78.6 cm³/mol. The van der Waals surface area contributed by atoms with Gasteiger partial charge in [-0.15, -0.1) is 0 Å². The Morgan fingerprint density at radius 2 is 2.05 bits per heavy atom. The largest absolute Gasteiger partial charge is 0.481 e. The summed E-state index contributed by atoms with van der Waals surface area (Å²) in [7, 11) is 1.64. The van der Waals surface area contributed by atoms with Crippen LogP contribution >= 0.6 is 0 Å². The highest BCUT2D eigenvalue weighted by Gasteiger charge is 2.16. The zero-order chi connectivity index (χ0) is 15.0. The summed E-state index contributed by atoms with van der Waals surface area (Å²) in [6.45, 7) is 4.82. The van der Waals surface area contributed by atoms with E-state index in [1.807, 2.05) is 31.2 Å². The Bertz CT molecular complexity index is 421. The van der Waals surface area contributed by atoms with Crippen LogP contribution in [0.25, 0.3) is 0 Å². The van der Waals surface area contributed by atoms with Gasteiger partial charge >= 0.3 is 0 Å². The fourth-order valence-corrected chi connectivity index (χ4v) is 1.78. The fraction of sp³-hybridized carbons (Fsp3) is 0.533. The number of para-hydroxylation sites is 1. The second-order valence-electron chi connectivity index (χ2n) is 4.72. The first-order valence-electron chi connectivity index (χ1n) is 6.84. The lowest BCUT2D eigenvalue weighted by atomic mass is 10.1. The molecule has 1 aromatic carbocycles. The standard InChI is InChI=1S/C15H24N2O3/c1-11(16)13-7-4-5-8-14(13)20-12(2)15(18)17-9-6-10-19-3/h4-5,7-8,11-12H,6,9-10,16H2,1-3H3,(H,17,18)/t11-,12?/m0/s1. The van der Waals surface area contributed by atoms with Gasteiger partial charge in [0.2, 0.25) is 0 Å². The van der Waals surface area contributed by atoms with Crippen LogP contribution in [0.3, 0.4) is 0 Å². The van der Waals surface area contributed by atoms with Crippen molar-refractivity contribution in [2.24, 2.45) is 5.73 Å². The number of nitrogens with one attached hydrogen (secondary N) is 1. The number of methoxy groups -OCH3 is 1. The van der Waals surface area contributed by atoms with Gasteiger partial charge in [0.1, 0.15) is 5.75 Å². The second-order valence-corrected chi connectivity index (χ2v) is 4.72. The van der Waals surface area contributed by atoms with E-state index in [1.165, 1.54) is 0 Å². The molecule has 0 saturated carbocycles. The van der Waals surface area contributed by atoms with E-state index in [0.29, 0.717) is 18.9 Å². The van der Waals surface area contributed by atoms with E-state index in [-0.39, 0.29) is 11.9 Å². The van der Waals surface area contributed by atoms with Crippen LogP contribution in [0.4, 0.5) is 0 Å². The highest BCUT2D eigenvalue weighted by atomic mass is 16.5. The number of nitrogens with two attached hydrogens (primary N) is 1. The Kier molecular flexibility index (Phi) is 7.04. The summed E-state index contributed by atoms with van der Waals surface area (Å²) in [6.07, 6.45) is 0.225. The molecule has 0 bridgehead atoms. The van der Waals surface area contributed by atoms with E-state index in [2.05, 4.69) is 5.32 Å². The van der Waals surface area contributed by atoms with Crippen molar-refractivity contribution < 1.29 is 14.3 Å². The van der Waals surface area contributed by atoms with Gasteiger partial charge in [-0.2, -0.15) is 0 Å². The van der Waals surface area contributed by atoms with Crippen molar-refractivity contribution in [3.8, 4) is 5.75 Å². The van der Waals surface area contributed by atoms with Crippen molar-refractivity contribution in [3.05, 3.63) is 29.8 Å². The first-order chi connectivity index (χ1) is 9.56. The van der Waals surface area contributed by atoms with Crippen molar-refractivity contribution >= 4 is 5.91 Å². The van der Waals surface area contributed by atoms with Crippen LogP contribution in [0.2, 0.25) is 0 Å². The summed E-state index contributed by atoms with van der Waals surface area (Å²) in [5.41, 5.74) is 6.78. The minimum Gasteiger partial charge on any atom is -0.481 e. The van der Waals surface area contributed by atoms with Gasteiger partial charge in [-0.3, -0.25) is 4.79 Å². The van der Waals surface area contributed by atoms with Gasteiger partial charge in [0.25, 0.3) is 5.91 Å². The van der Waals surface area contributed by atoms with E-state index in [0.717, 1.165) is 12.0 Å². The van der Waals surface area contributed by atoms with E-state index in [4.69, 9.17) is 15.2 Å².